The molecule has 0 spiro atoms. The summed E-state index contributed by atoms with van der Waals surface area (Å²) in [6, 6.07) is 9.88. The van der Waals surface area contributed by atoms with Gasteiger partial charge in [-0.2, -0.15) is 5.10 Å². The standard InChI is InChI=1S/C19H21N5O/c1-13(17-11-21-22-12-17)23-19(25)16-8-15(9-20-10-16)14-4-6-18(7-5-14)24(2)3/h4-13H,1-3H3,(H,21,22)(H,23,25). The highest BCUT2D eigenvalue weighted by atomic mass is 16.1. The van der Waals surface area contributed by atoms with Gasteiger partial charge in [-0.3, -0.25) is 14.9 Å². The van der Waals surface area contributed by atoms with Crippen molar-refractivity contribution in [2.75, 3.05) is 19.0 Å². The molecule has 0 aliphatic rings. The zero-order valence-electron chi connectivity index (χ0n) is 14.5. The maximum absolute atomic E-state index is 12.5. The van der Waals surface area contributed by atoms with Crippen molar-refractivity contribution in [2.24, 2.45) is 0 Å². The molecule has 0 saturated carbocycles. The highest BCUT2D eigenvalue weighted by Gasteiger charge is 2.13. The first-order valence-electron chi connectivity index (χ1n) is 8.07. The van der Waals surface area contributed by atoms with Crippen LogP contribution in [-0.2, 0) is 0 Å². The minimum Gasteiger partial charge on any atom is -0.378 e. The highest BCUT2D eigenvalue weighted by Crippen LogP contribution is 2.23. The van der Waals surface area contributed by atoms with E-state index >= 15 is 0 Å². The third kappa shape index (κ3) is 3.85. The third-order valence-electron chi connectivity index (χ3n) is 4.08. The second-order valence-electron chi connectivity index (χ2n) is 6.13. The minimum atomic E-state index is -0.159. The van der Waals surface area contributed by atoms with Crippen molar-refractivity contribution in [2.45, 2.75) is 13.0 Å². The second kappa shape index (κ2) is 7.17. The molecule has 0 saturated heterocycles. The smallest absolute Gasteiger partial charge is 0.253 e. The van der Waals surface area contributed by atoms with Gasteiger partial charge in [-0.15, -0.1) is 0 Å². The Morgan fingerprint density at radius 1 is 1.12 bits per heavy atom. The fourth-order valence-corrected chi connectivity index (χ4v) is 2.53. The van der Waals surface area contributed by atoms with Crippen LogP contribution in [0.2, 0.25) is 0 Å². The number of H-pyrrole nitrogens is 1. The molecule has 0 bridgehead atoms. The average Bonchev–Trinajstić information content (AvgIpc) is 3.16. The molecule has 2 heterocycles. The predicted molar refractivity (Wildman–Crippen MR) is 98.5 cm³/mol. The predicted octanol–water partition coefficient (Wildman–Crippen LogP) is 3.03. The van der Waals surface area contributed by atoms with Crippen LogP contribution in [0, 0.1) is 0 Å². The van der Waals surface area contributed by atoms with Crippen LogP contribution >= 0.6 is 0 Å². The Labute approximate surface area is 146 Å². The largest absolute Gasteiger partial charge is 0.378 e. The van der Waals surface area contributed by atoms with Gasteiger partial charge < -0.3 is 10.2 Å². The fourth-order valence-electron chi connectivity index (χ4n) is 2.53. The average molecular weight is 335 g/mol. The maximum atomic E-state index is 12.5. The van der Waals surface area contributed by atoms with Gasteiger partial charge in [-0.1, -0.05) is 12.1 Å². The van der Waals surface area contributed by atoms with Crippen LogP contribution in [0.1, 0.15) is 28.9 Å². The molecule has 0 radical (unpaired) electrons. The molecule has 3 aromatic rings. The Kier molecular flexibility index (Phi) is 4.79. The SMILES string of the molecule is CC(NC(=O)c1cncc(-c2ccc(N(C)C)cc2)c1)c1cn[nH]c1. The van der Waals surface area contributed by atoms with Gasteiger partial charge in [0.1, 0.15) is 0 Å². The topological polar surface area (TPSA) is 73.9 Å². The first kappa shape index (κ1) is 16.7. The number of nitrogens with zero attached hydrogens (tertiary/aromatic N) is 3. The van der Waals surface area contributed by atoms with Gasteiger partial charge in [0.15, 0.2) is 0 Å². The molecule has 0 aliphatic carbocycles. The van der Waals surface area contributed by atoms with Gasteiger partial charge in [0.05, 0.1) is 17.8 Å². The van der Waals surface area contributed by atoms with E-state index in [1.165, 1.54) is 0 Å². The van der Waals surface area contributed by atoms with E-state index in [-0.39, 0.29) is 11.9 Å². The van der Waals surface area contributed by atoms with E-state index in [1.807, 2.05) is 56.3 Å². The van der Waals surface area contributed by atoms with Crippen molar-refractivity contribution in [3.63, 3.8) is 0 Å². The molecule has 128 valence electrons. The molecular weight excluding hydrogens is 314 g/mol. The molecule has 1 unspecified atom stereocenters. The number of benzene rings is 1. The molecular formula is C19H21N5O. The third-order valence-corrected chi connectivity index (χ3v) is 4.08. The maximum Gasteiger partial charge on any atom is 0.253 e. The van der Waals surface area contributed by atoms with Crippen LogP contribution < -0.4 is 10.2 Å². The lowest BCUT2D eigenvalue weighted by Gasteiger charge is -2.14. The molecule has 1 aromatic carbocycles. The summed E-state index contributed by atoms with van der Waals surface area (Å²) in [5.74, 6) is -0.159. The Balaban J connectivity index is 1.77. The highest BCUT2D eigenvalue weighted by molar-refractivity contribution is 5.95. The second-order valence-corrected chi connectivity index (χ2v) is 6.13. The molecule has 1 amide bonds. The van der Waals surface area contributed by atoms with E-state index in [0.29, 0.717) is 5.56 Å². The number of aromatic amines is 1. The van der Waals surface area contributed by atoms with Crippen LogP contribution in [0.5, 0.6) is 0 Å². The van der Waals surface area contributed by atoms with Crippen LogP contribution in [0.15, 0.2) is 55.1 Å². The number of pyridine rings is 1. The summed E-state index contributed by atoms with van der Waals surface area (Å²) >= 11 is 0. The van der Waals surface area contributed by atoms with Crippen LogP contribution in [-0.4, -0.2) is 35.2 Å². The molecule has 2 N–H and O–H groups in total. The number of rotatable bonds is 5. The summed E-state index contributed by atoms with van der Waals surface area (Å²) in [4.78, 5) is 18.8. The minimum absolute atomic E-state index is 0.130. The van der Waals surface area contributed by atoms with Crippen molar-refractivity contribution in [3.8, 4) is 11.1 Å². The first-order chi connectivity index (χ1) is 12.0. The Hall–Kier alpha value is -3.15. The molecule has 2 aromatic heterocycles. The van der Waals surface area contributed by atoms with Crippen LogP contribution in [0.4, 0.5) is 5.69 Å². The number of hydrogen-bond acceptors (Lipinski definition) is 4. The summed E-state index contributed by atoms with van der Waals surface area (Å²) in [5, 5.41) is 9.61. The number of nitrogens with one attached hydrogen (secondary N) is 2. The molecule has 1 atom stereocenters. The van der Waals surface area contributed by atoms with Gasteiger partial charge in [0.2, 0.25) is 0 Å². The monoisotopic (exact) mass is 335 g/mol. The van der Waals surface area contributed by atoms with E-state index in [1.54, 1.807) is 24.8 Å². The quantitative estimate of drug-likeness (QED) is 0.751. The van der Waals surface area contributed by atoms with Crippen molar-refractivity contribution < 1.29 is 4.79 Å². The number of anilines is 1. The molecule has 0 fully saturated rings. The zero-order chi connectivity index (χ0) is 17.8. The van der Waals surface area contributed by atoms with Gasteiger partial charge in [-0.05, 0) is 30.7 Å². The van der Waals surface area contributed by atoms with E-state index in [4.69, 9.17) is 0 Å². The summed E-state index contributed by atoms with van der Waals surface area (Å²) in [5.41, 5.74) is 4.52. The van der Waals surface area contributed by atoms with E-state index in [9.17, 15) is 4.79 Å². The number of carbonyl (C=O) groups excluding carboxylic acids is 1. The van der Waals surface area contributed by atoms with E-state index in [2.05, 4.69) is 20.5 Å². The normalized spacial score (nSPS) is 11.8. The number of hydrogen-bond donors (Lipinski definition) is 2. The van der Waals surface area contributed by atoms with Crippen LogP contribution in [0.3, 0.4) is 0 Å². The van der Waals surface area contributed by atoms with Gasteiger partial charge in [-0.25, -0.2) is 0 Å². The first-order valence-corrected chi connectivity index (χ1v) is 8.07. The lowest BCUT2D eigenvalue weighted by molar-refractivity contribution is 0.0939. The van der Waals surface area contributed by atoms with Crippen molar-refractivity contribution in [3.05, 3.63) is 66.2 Å². The number of carbonyl (C=O) groups is 1. The Bertz CT molecular complexity index is 841. The summed E-state index contributed by atoms with van der Waals surface area (Å²) in [7, 11) is 4.01. The summed E-state index contributed by atoms with van der Waals surface area (Å²) in [6.45, 7) is 1.92. The molecule has 6 heteroatoms. The number of amides is 1. The molecule has 25 heavy (non-hydrogen) atoms. The Morgan fingerprint density at radius 3 is 2.52 bits per heavy atom. The molecule has 3 rings (SSSR count). The van der Waals surface area contributed by atoms with Crippen molar-refractivity contribution >= 4 is 11.6 Å². The Morgan fingerprint density at radius 2 is 1.88 bits per heavy atom. The van der Waals surface area contributed by atoms with Crippen molar-refractivity contribution in [1.29, 1.82) is 0 Å². The van der Waals surface area contributed by atoms with Gasteiger partial charge in [0.25, 0.3) is 5.91 Å². The summed E-state index contributed by atoms with van der Waals surface area (Å²) < 4.78 is 0. The molecule has 6 nitrogen and oxygen atoms in total. The number of aromatic nitrogens is 3. The zero-order valence-corrected chi connectivity index (χ0v) is 14.5. The van der Waals surface area contributed by atoms with Gasteiger partial charge >= 0.3 is 0 Å². The van der Waals surface area contributed by atoms with E-state index < -0.39 is 0 Å². The molecule has 0 aliphatic heterocycles. The summed E-state index contributed by atoms with van der Waals surface area (Å²) in [6.07, 6.45) is 6.81. The fraction of sp³-hybridized carbons (Fsp3) is 0.211. The van der Waals surface area contributed by atoms with E-state index in [0.717, 1.165) is 22.4 Å². The van der Waals surface area contributed by atoms with Crippen LogP contribution in [0.25, 0.3) is 11.1 Å². The van der Waals surface area contributed by atoms with Gasteiger partial charge in [0, 0.05) is 49.5 Å². The lowest BCUT2D eigenvalue weighted by Crippen LogP contribution is -2.26. The van der Waals surface area contributed by atoms with Crippen molar-refractivity contribution in [1.82, 2.24) is 20.5 Å². The lowest BCUT2D eigenvalue weighted by atomic mass is 10.0.